The maximum absolute atomic E-state index is 12.5. The highest BCUT2D eigenvalue weighted by atomic mass is 32.2. The number of amides is 1. The lowest BCUT2D eigenvalue weighted by molar-refractivity contribution is -0.384. The Labute approximate surface area is 182 Å². The molecule has 8 nitrogen and oxygen atoms in total. The maximum atomic E-state index is 12.5. The fourth-order valence-corrected chi connectivity index (χ4v) is 5.74. The molecule has 1 aliphatic heterocycles. The number of non-ortho nitro benzene ring substituents is 1. The van der Waals surface area contributed by atoms with E-state index in [9.17, 15) is 24.8 Å². The molecule has 1 aromatic carbocycles. The second kappa shape index (κ2) is 10.4. The number of aliphatic hydroxyl groups is 1. The highest BCUT2D eigenvalue weighted by molar-refractivity contribution is 8.47. The minimum absolute atomic E-state index is 0.0361. The molecule has 1 N–H and O–H groups in total. The second-order valence-corrected chi connectivity index (χ2v) is 10.2. The first-order chi connectivity index (χ1) is 13.7. The van der Waals surface area contributed by atoms with Gasteiger partial charge in [0.2, 0.25) is 12.1 Å². The second-order valence-electron chi connectivity index (χ2n) is 6.61. The summed E-state index contributed by atoms with van der Waals surface area (Å²) >= 11 is 8.06. The summed E-state index contributed by atoms with van der Waals surface area (Å²) in [5.41, 5.74) is 0.449. The smallest absolute Gasteiger partial charge is 0.356 e. The number of hydrogen-bond acceptors (Lipinski definition) is 9. The first kappa shape index (κ1) is 23.6. The van der Waals surface area contributed by atoms with Crippen LogP contribution in [0.2, 0.25) is 0 Å². The predicted octanol–water partition coefficient (Wildman–Crippen LogP) is 3.17. The van der Waals surface area contributed by atoms with Gasteiger partial charge in [-0.25, -0.2) is 4.79 Å². The number of esters is 1. The van der Waals surface area contributed by atoms with Crippen LogP contribution in [0.4, 0.5) is 5.69 Å². The van der Waals surface area contributed by atoms with E-state index in [0.717, 1.165) is 10.7 Å². The standard InChI is InChI=1S/C18H22N2O6S3/c1-4-28-18(27)29-16-13(10(2)3)14(21)19(16)15(22)17(23)26-9-11-5-7-12(8-6-11)20(24)25/h5-8,10,13,15-16,22H,4,9H2,1-3H3. The molecule has 0 aromatic heterocycles. The van der Waals surface area contributed by atoms with Crippen LogP contribution in [0.5, 0.6) is 0 Å². The molecule has 1 fully saturated rings. The summed E-state index contributed by atoms with van der Waals surface area (Å²) < 4.78 is 5.74. The van der Waals surface area contributed by atoms with Gasteiger partial charge in [0.15, 0.2) is 0 Å². The van der Waals surface area contributed by atoms with Gasteiger partial charge in [0.05, 0.1) is 16.2 Å². The van der Waals surface area contributed by atoms with Crippen LogP contribution in [0.15, 0.2) is 24.3 Å². The van der Waals surface area contributed by atoms with Crippen molar-refractivity contribution in [2.24, 2.45) is 11.8 Å². The zero-order valence-electron chi connectivity index (χ0n) is 16.1. The normalized spacial score (nSPS) is 19.6. The molecule has 1 heterocycles. The third kappa shape index (κ3) is 5.68. The van der Waals surface area contributed by atoms with E-state index >= 15 is 0 Å². The van der Waals surface area contributed by atoms with Gasteiger partial charge in [0.25, 0.3) is 5.69 Å². The lowest BCUT2D eigenvalue weighted by Gasteiger charge is -2.49. The first-order valence-corrected chi connectivity index (χ1v) is 11.2. The predicted molar refractivity (Wildman–Crippen MR) is 116 cm³/mol. The van der Waals surface area contributed by atoms with Gasteiger partial charge in [-0.1, -0.05) is 44.8 Å². The van der Waals surface area contributed by atoms with Crippen molar-refractivity contribution in [3.8, 4) is 0 Å². The Kier molecular flexibility index (Phi) is 8.44. The fourth-order valence-electron chi connectivity index (χ4n) is 2.82. The van der Waals surface area contributed by atoms with E-state index in [2.05, 4.69) is 0 Å². The average Bonchev–Trinajstić information content (AvgIpc) is 2.65. The molecule has 11 heteroatoms. The quantitative estimate of drug-likeness (QED) is 0.206. The average molecular weight is 459 g/mol. The number of aliphatic hydroxyl groups excluding tert-OH is 1. The molecule has 3 unspecified atom stereocenters. The summed E-state index contributed by atoms with van der Waals surface area (Å²) in [6.45, 7) is 5.60. The Morgan fingerprint density at radius 2 is 2.00 bits per heavy atom. The topological polar surface area (TPSA) is 110 Å². The van der Waals surface area contributed by atoms with Crippen molar-refractivity contribution in [2.45, 2.75) is 39.0 Å². The van der Waals surface area contributed by atoms with Gasteiger partial charge in [-0.3, -0.25) is 19.8 Å². The lowest BCUT2D eigenvalue weighted by Crippen LogP contribution is -2.66. The van der Waals surface area contributed by atoms with E-state index < -0.39 is 22.5 Å². The number of β-lactam (4-membered cyclic amide) rings is 1. The van der Waals surface area contributed by atoms with Crippen molar-refractivity contribution in [2.75, 3.05) is 5.75 Å². The number of benzene rings is 1. The first-order valence-electron chi connectivity index (χ1n) is 8.91. The SMILES string of the molecule is CCSC(=S)SC1C(C(C)C)C(=O)N1C(O)C(=O)OCc1ccc([N+](=O)[O-])cc1. The third-order valence-corrected chi connectivity index (χ3v) is 7.08. The fraction of sp³-hybridized carbons (Fsp3) is 0.500. The molecular weight excluding hydrogens is 436 g/mol. The van der Waals surface area contributed by atoms with E-state index in [1.807, 2.05) is 20.8 Å². The largest absolute Gasteiger partial charge is 0.457 e. The van der Waals surface area contributed by atoms with Crippen LogP contribution in [0.3, 0.4) is 0 Å². The van der Waals surface area contributed by atoms with E-state index in [-0.39, 0.29) is 30.0 Å². The molecule has 3 atom stereocenters. The van der Waals surface area contributed by atoms with Crippen LogP contribution < -0.4 is 0 Å². The number of rotatable bonds is 8. The van der Waals surface area contributed by atoms with Crippen LogP contribution in [0.25, 0.3) is 0 Å². The van der Waals surface area contributed by atoms with Crippen molar-refractivity contribution in [3.63, 3.8) is 0 Å². The number of thiocarbonyl (C=S) groups is 1. The van der Waals surface area contributed by atoms with Crippen molar-refractivity contribution in [3.05, 3.63) is 39.9 Å². The number of nitro groups is 1. The molecule has 0 radical (unpaired) electrons. The lowest BCUT2D eigenvalue weighted by atomic mass is 9.86. The van der Waals surface area contributed by atoms with Gasteiger partial charge in [0, 0.05) is 12.1 Å². The minimum Gasteiger partial charge on any atom is -0.457 e. The molecule has 1 amide bonds. The number of ether oxygens (including phenoxy) is 1. The van der Waals surface area contributed by atoms with Gasteiger partial charge in [-0.05, 0) is 29.4 Å². The molecule has 1 aromatic rings. The Hall–Kier alpha value is -1.69. The van der Waals surface area contributed by atoms with E-state index in [1.165, 1.54) is 47.8 Å². The van der Waals surface area contributed by atoms with Crippen LogP contribution in [0.1, 0.15) is 26.3 Å². The molecule has 158 valence electrons. The van der Waals surface area contributed by atoms with Gasteiger partial charge < -0.3 is 9.84 Å². The number of thioether (sulfide) groups is 2. The molecule has 1 saturated heterocycles. The number of nitro benzene ring substituents is 1. The zero-order chi connectivity index (χ0) is 21.7. The number of nitrogens with zero attached hydrogens (tertiary/aromatic N) is 2. The summed E-state index contributed by atoms with van der Waals surface area (Å²) in [7, 11) is 0. The van der Waals surface area contributed by atoms with E-state index in [4.69, 9.17) is 17.0 Å². The van der Waals surface area contributed by atoms with Crippen molar-refractivity contribution < 1.29 is 24.4 Å². The van der Waals surface area contributed by atoms with Crippen LogP contribution in [0, 0.1) is 22.0 Å². The van der Waals surface area contributed by atoms with E-state index in [1.54, 1.807) is 0 Å². The van der Waals surface area contributed by atoms with Gasteiger partial charge in [-0.15, -0.1) is 11.8 Å². The summed E-state index contributed by atoms with van der Waals surface area (Å²) in [4.78, 5) is 36.0. The van der Waals surface area contributed by atoms with Crippen LogP contribution in [-0.4, -0.2) is 47.7 Å². The Morgan fingerprint density at radius 1 is 1.38 bits per heavy atom. The molecule has 0 saturated carbocycles. The molecule has 29 heavy (non-hydrogen) atoms. The summed E-state index contributed by atoms with van der Waals surface area (Å²) in [5.74, 6) is -0.791. The number of carbonyl (C=O) groups is 2. The molecule has 1 aliphatic rings. The van der Waals surface area contributed by atoms with Crippen LogP contribution in [-0.2, 0) is 20.9 Å². The Morgan fingerprint density at radius 3 is 2.52 bits per heavy atom. The van der Waals surface area contributed by atoms with E-state index in [0.29, 0.717) is 9.09 Å². The van der Waals surface area contributed by atoms with Crippen LogP contribution >= 0.6 is 35.7 Å². The molecule has 0 bridgehead atoms. The monoisotopic (exact) mass is 458 g/mol. The number of likely N-dealkylation sites (tertiary alicyclic amines) is 1. The summed E-state index contributed by atoms with van der Waals surface area (Å²) in [6, 6.07) is 5.51. The van der Waals surface area contributed by atoms with Crippen molar-refractivity contribution in [1.82, 2.24) is 4.90 Å². The van der Waals surface area contributed by atoms with Gasteiger partial charge >= 0.3 is 5.97 Å². The molecule has 0 spiro atoms. The van der Waals surface area contributed by atoms with Crippen molar-refractivity contribution in [1.29, 1.82) is 0 Å². The molecular formula is C18H22N2O6S3. The number of hydrogen-bond donors (Lipinski definition) is 1. The highest BCUT2D eigenvalue weighted by Crippen LogP contribution is 2.42. The highest BCUT2D eigenvalue weighted by Gasteiger charge is 2.54. The summed E-state index contributed by atoms with van der Waals surface area (Å²) in [5, 5.41) is 20.6. The Bertz CT molecular complexity index is 786. The summed E-state index contributed by atoms with van der Waals surface area (Å²) in [6.07, 6.45) is -1.73. The van der Waals surface area contributed by atoms with Crippen molar-refractivity contribution >= 4 is 56.8 Å². The van der Waals surface area contributed by atoms with Gasteiger partial charge in [-0.2, -0.15) is 0 Å². The maximum Gasteiger partial charge on any atom is 0.356 e. The molecule has 0 aliphatic carbocycles. The molecule has 2 rings (SSSR count). The number of carbonyl (C=O) groups excluding carboxylic acids is 2. The minimum atomic E-state index is -1.73. The third-order valence-electron chi connectivity index (χ3n) is 4.32. The zero-order valence-corrected chi connectivity index (χ0v) is 18.6. The van der Waals surface area contributed by atoms with Gasteiger partial charge in [0.1, 0.15) is 10.1 Å². The Balaban J connectivity index is 2.01.